The van der Waals surface area contributed by atoms with Crippen LogP contribution in [0.4, 0.5) is 26.3 Å². The van der Waals surface area contributed by atoms with E-state index in [1.165, 1.54) is 13.0 Å². The zero-order valence-corrected chi connectivity index (χ0v) is 15.8. The number of carboxylic acids is 1. The van der Waals surface area contributed by atoms with Crippen LogP contribution >= 0.6 is 0 Å². The van der Waals surface area contributed by atoms with E-state index >= 15 is 0 Å². The molecular weight excluding hydrogens is 432 g/mol. The second kappa shape index (κ2) is 7.39. The fraction of sp³-hybridized carbons (Fsp3) is 0.333. The van der Waals surface area contributed by atoms with Gasteiger partial charge in [0.2, 0.25) is 0 Å². The second-order valence-corrected chi connectivity index (χ2v) is 6.96. The zero-order chi connectivity index (χ0) is 23.3. The van der Waals surface area contributed by atoms with Gasteiger partial charge in [-0.05, 0) is 18.6 Å². The highest BCUT2D eigenvalue weighted by atomic mass is 19.4. The Morgan fingerprint density at radius 2 is 1.81 bits per heavy atom. The number of alkyl halides is 6. The van der Waals surface area contributed by atoms with E-state index < -0.39 is 65.4 Å². The van der Waals surface area contributed by atoms with Gasteiger partial charge >= 0.3 is 18.3 Å². The van der Waals surface area contributed by atoms with Crippen molar-refractivity contribution in [3.8, 4) is 0 Å². The van der Waals surface area contributed by atoms with E-state index in [9.17, 15) is 36.2 Å². The van der Waals surface area contributed by atoms with Crippen LogP contribution in [0.15, 0.2) is 51.9 Å². The van der Waals surface area contributed by atoms with Crippen LogP contribution in [0.25, 0.3) is 0 Å². The van der Waals surface area contributed by atoms with Crippen molar-refractivity contribution in [2.45, 2.75) is 31.4 Å². The predicted molar refractivity (Wildman–Crippen MR) is 97.0 cm³/mol. The number of benzene rings is 1. The van der Waals surface area contributed by atoms with E-state index in [2.05, 4.69) is 10.3 Å². The average molecular weight is 449 g/mol. The normalized spacial score (nSPS) is 22.2. The molecule has 168 valence electrons. The lowest BCUT2D eigenvalue weighted by Crippen LogP contribution is -2.60. The number of rotatable bonds is 3. The number of nitrogens with zero attached hydrogens (tertiary/aromatic N) is 2. The number of carboxylic acid groups (broad SMARTS) is 1. The number of allylic oxidation sites excluding steroid dienone is 1. The quantitative estimate of drug-likeness (QED) is 0.527. The Morgan fingerprint density at radius 3 is 2.35 bits per heavy atom. The lowest BCUT2D eigenvalue weighted by molar-refractivity contribution is -0.142. The van der Waals surface area contributed by atoms with Gasteiger partial charge in [0.05, 0.1) is 11.1 Å². The van der Waals surface area contributed by atoms with E-state index in [1.807, 2.05) is 0 Å². The Kier molecular flexibility index (Phi) is 5.32. The molecule has 0 bridgehead atoms. The maximum absolute atomic E-state index is 13.7. The molecule has 7 nitrogen and oxygen atoms in total. The molecule has 0 aromatic heterocycles. The summed E-state index contributed by atoms with van der Waals surface area (Å²) < 4.78 is 80.4. The molecule has 6 N–H and O–H groups in total. The molecule has 2 heterocycles. The van der Waals surface area contributed by atoms with Crippen molar-refractivity contribution in [2.75, 3.05) is 6.54 Å². The number of halogens is 6. The van der Waals surface area contributed by atoms with E-state index in [0.29, 0.717) is 4.90 Å². The summed E-state index contributed by atoms with van der Waals surface area (Å²) >= 11 is 0. The van der Waals surface area contributed by atoms with Crippen molar-refractivity contribution in [3.63, 3.8) is 0 Å². The number of nitrogens with one attached hydrogen (secondary N) is 1. The number of hydrogen-bond acceptors (Lipinski definition) is 6. The molecule has 0 spiro atoms. The Hall–Kier alpha value is -3.38. The molecule has 0 amide bonds. The number of aliphatic imine (C=N–C) groups is 1. The number of fused-ring (bicyclic) bond motifs is 1. The van der Waals surface area contributed by atoms with Crippen molar-refractivity contribution in [2.24, 2.45) is 16.5 Å². The minimum atomic E-state index is -4.85. The van der Waals surface area contributed by atoms with Crippen LogP contribution in [0.3, 0.4) is 0 Å². The Bertz CT molecular complexity index is 1010. The molecule has 0 radical (unpaired) electrons. The molecule has 3 rings (SSSR count). The highest BCUT2D eigenvalue weighted by Gasteiger charge is 2.48. The summed E-state index contributed by atoms with van der Waals surface area (Å²) in [6.07, 6.45) is -11.0. The van der Waals surface area contributed by atoms with Gasteiger partial charge in [0, 0.05) is 17.2 Å². The highest BCUT2D eigenvalue weighted by Crippen LogP contribution is 2.46. The van der Waals surface area contributed by atoms with Gasteiger partial charge < -0.3 is 26.8 Å². The van der Waals surface area contributed by atoms with Crippen molar-refractivity contribution in [3.05, 3.63) is 58.1 Å². The molecule has 0 saturated carbocycles. The summed E-state index contributed by atoms with van der Waals surface area (Å²) in [5, 5.41) is 12.3. The number of carbonyl (C=O) groups is 1. The standard InChI is InChI=1S/C18H17F6N5O2/c1-7-10(15(30)31)11(8-4-2-3-5-9(8)18(22,23)24)12-13(25)28-16(26)29(14(12)27-7)6-17(19,20)21/h2-5,11,14,27H,6,25H2,1H3,(H2,26,28)(H,30,31). The monoisotopic (exact) mass is 449 g/mol. The van der Waals surface area contributed by atoms with Crippen molar-refractivity contribution >= 4 is 11.9 Å². The van der Waals surface area contributed by atoms with E-state index in [4.69, 9.17) is 11.5 Å². The topological polar surface area (TPSA) is 117 Å². The van der Waals surface area contributed by atoms with Crippen LogP contribution in [-0.2, 0) is 11.0 Å². The third kappa shape index (κ3) is 4.11. The summed E-state index contributed by atoms with van der Waals surface area (Å²) in [4.78, 5) is 16.2. The van der Waals surface area contributed by atoms with Crippen molar-refractivity contribution in [1.82, 2.24) is 10.2 Å². The third-order valence-corrected chi connectivity index (χ3v) is 4.95. The molecule has 0 fully saturated rings. The van der Waals surface area contributed by atoms with Gasteiger partial charge in [-0.25, -0.2) is 4.79 Å². The molecule has 0 aliphatic carbocycles. The molecule has 0 saturated heterocycles. The van der Waals surface area contributed by atoms with Crippen LogP contribution in [-0.4, -0.2) is 40.8 Å². The molecule has 2 atom stereocenters. The summed E-state index contributed by atoms with van der Waals surface area (Å²) in [6.45, 7) is -0.340. The smallest absolute Gasteiger partial charge is 0.416 e. The van der Waals surface area contributed by atoms with Crippen LogP contribution < -0.4 is 16.8 Å². The van der Waals surface area contributed by atoms with Crippen LogP contribution in [0.2, 0.25) is 0 Å². The van der Waals surface area contributed by atoms with Gasteiger partial charge in [-0.3, -0.25) is 0 Å². The van der Waals surface area contributed by atoms with Crippen LogP contribution in [0, 0.1) is 0 Å². The molecule has 31 heavy (non-hydrogen) atoms. The summed E-state index contributed by atoms with van der Waals surface area (Å²) in [5.74, 6) is -4.24. The van der Waals surface area contributed by atoms with Crippen molar-refractivity contribution in [1.29, 1.82) is 0 Å². The molecule has 1 aromatic rings. The van der Waals surface area contributed by atoms with E-state index in [1.54, 1.807) is 0 Å². The number of aliphatic carboxylic acids is 1. The Morgan fingerprint density at radius 1 is 1.19 bits per heavy atom. The largest absolute Gasteiger partial charge is 0.478 e. The molecule has 2 aliphatic rings. The average Bonchev–Trinajstić information content (AvgIpc) is 2.62. The fourth-order valence-corrected chi connectivity index (χ4v) is 3.79. The summed E-state index contributed by atoms with van der Waals surface area (Å²) in [6, 6.07) is 4.20. The molecule has 2 aliphatic heterocycles. The molecular formula is C18H17F6N5O2. The number of nitrogens with two attached hydrogens (primary N) is 2. The predicted octanol–water partition coefficient (Wildman–Crippen LogP) is 2.44. The third-order valence-electron chi connectivity index (χ3n) is 4.95. The maximum atomic E-state index is 13.7. The lowest BCUT2D eigenvalue weighted by Gasteiger charge is -2.44. The lowest BCUT2D eigenvalue weighted by atomic mass is 9.77. The Balaban J connectivity index is 2.30. The van der Waals surface area contributed by atoms with Gasteiger partial charge in [-0.2, -0.15) is 31.3 Å². The van der Waals surface area contributed by atoms with Gasteiger partial charge in [-0.1, -0.05) is 18.2 Å². The van der Waals surface area contributed by atoms with Crippen LogP contribution in [0.5, 0.6) is 0 Å². The molecule has 13 heteroatoms. The Labute approximate surface area is 171 Å². The summed E-state index contributed by atoms with van der Waals surface area (Å²) in [7, 11) is 0. The van der Waals surface area contributed by atoms with Gasteiger partial charge in [0.15, 0.2) is 5.96 Å². The first kappa shape index (κ1) is 22.3. The molecule has 1 aromatic carbocycles. The highest BCUT2D eigenvalue weighted by molar-refractivity contribution is 5.92. The van der Waals surface area contributed by atoms with Gasteiger partial charge in [-0.15, -0.1) is 0 Å². The number of guanidine groups is 1. The second-order valence-electron chi connectivity index (χ2n) is 6.96. The molecule has 2 unspecified atom stereocenters. The maximum Gasteiger partial charge on any atom is 0.416 e. The fourth-order valence-electron chi connectivity index (χ4n) is 3.79. The summed E-state index contributed by atoms with van der Waals surface area (Å²) in [5.41, 5.74) is 8.98. The first-order chi connectivity index (χ1) is 14.2. The number of hydrogen-bond donors (Lipinski definition) is 4. The van der Waals surface area contributed by atoms with E-state index in [-0.39, 0.29) is 11.3 Å². The zero-order valence-electron chi connectivity index (χ0n) is 15.8. The SMILES string of the molecule is CC1=C(C(=O)O)C(c2ccccc2C(F)(F)F)C2=C(N)N=C(N)N(CC(F)(F)F)C2N1. The van der Waals surface area contributed by atoms with Crippen molar-refractivity contribution < 1.29 is 36.2 Å². The van der Waals surface area contributed by atoms with Crippen LogP contribution in [0.1, 0.15) is 24.0 Å². The van der Waals surface area contributed by atoms with Gasteiger partial charge in [0.1, 0.15) is 18.5 Å². The van der Waals surface area contributed by atoms with Gasteiger partial charge in [0.25, 0.3) is 0 Å². The first-order valence-electron chi connectivity index (χ1n) is 8.76. The first-order valence-corrected chi connectivity index (χ1v) is 8.76. The van der Waals surface area contributed by atoms with E-state index in [0.717, 1.165) is 18.2 Å². The minimum Gasteiger partial charge on any atom is -0.478 e. The minimum absolute atomic E-state index is 0.127.